The minimum absolute atomic E-state index is 0.0921. The Hall–Kier alpha value is -2.15. The number of hydrazone groups is 2. The molecule has 3 heterocycles. The van der Waals surface area contributed by atoms with Gasteiger partial charge in [-0.25, -0.2) is 4.79 Å². The van der Waals surface area contributed by atoms with Gasteiger partial charge < -0.3 is 0 Å². The van der Waals surface area contributed by atoms with Gasteiger partial charge in [-0.15, -0.1) is 0 Å². The summed E-state index contributed by atoms with van der Waals surface area (Å²) in [6, 6.07) is 6.43. The molecule has 4 rings (SSSR count). The first-order chi connectivity index (χ1) is 14.3. The molecule has 0 N–H and O–H groups in total. The molecule has 3 aliphatic rings. The number of anilines is 1. The van der Waals surface area contributed by atoms with Crippen molar-refractivity contribution in [1.29, 1.82) is 0 Å². The van der Waals surface area contributed by atoms with Crippen LogP contribution in [0.15, 0.2) is 44.1 Å². The van der Waals surface area contributed by atoms with E-state index in [4.69, 9.17) is 10.2 Å². The predicted molar refractivity (Wildman–Crippen MR) is 126 cm³/mol. The van der Waals surface area contributed by atoms with Crippen molar-refractivity contribution in [3.63, 3.8) is 0 Å². The molecular formula is C23H30BrN5O. The molecule has 2 amide bonds. The fraction of sp³-hybridized carbons (Fsp3) is 0.522. The van der Waals surface area contributed by atoms with Gasteiger partial charge in [-0.1, -0.05) is 33.8 Å². The van der Waals surface area contributed by atoms with Gasteiger partial charge in [0.15, 0.2) is 0 Å². The van der Waals surface area contributed by atoms with E-state index in [2.05, 4.69) is 60.8 Å². The van der Waals surface area contributed by atoms with E-state index in [0.717, 1.165) is 53.1 Å². The summed E-state index contributed by atoms with van der Waals surface area (Å²) in [5.41, 5.74) is 5.91. The average Bonchev–Trinajstić information content (AvgIpc) is 3.07. The van der Waals surface area contributed by atoms with Crippen LogP contribution in [-0.4, -0.2) is 46.5 Å². The Labute approximate surface area is 187 Å². The smallest absolute Gasteiger partial charge is 0.290 e. The summed E-state index contributed by atoms with van der Waals surface area (Å²) in [5, 5.41) is 13.5. The third-order valence-corrected chi connectivity index (χ3v) is 6.92. The van der Waals surface area contributed by atoms with Gasteiger partial charge in [-0.3, -0.25) is 9.91 Å². The monoisotopic (exact) mass is 471 g/mol. The highest BCUT2D eigenvalue weighted by Crippen LogP contribution is 2.37. The Bertz CT molecular complexity index is 960. The first kappa shape index (κ1) is 21.1. The molecule has 0 unspecified atom stereocenters. The van der Waals surface area contributed by atoms with Crippen LogP contribution in [0.2, 0.25) is 0 Å². The molecule has 0 spiro atoms. The summed E-state index contributed by atoms with van der Waals surface area (Å²) in [7, 11) is 0. The fourth-order valence-corrected chi connectivity index (χ4v) is 5.02. The minimum Gasteiger partial charge on any atom is -0.290 e. The van der Waals surface area contributed by atoms with Gasteiger partial charge in [0.1, 0.15) is 5.71 Å². The van der Waals surface area contributed by atoms with Gasteiger partial charge in [0.25, 0.3) is 0 Å². The van der Waals surface area contributed by atoms with E-state index in [-0.39, 0.29) is 6.03 Å². The molecule has 1 aromatic rings. The Morgan fingerprint density at radius 1 is 1.17 bits per heavy atom. The normalized spacial score (nSPS) is 18.9. The lowest BCUT2D eigenvalue weighted by Crippen LogP contribution is -2.47. The van der Waals surface area contributed by atoms with Crippen LogP contribution in [0.4, 0.5) is 10.5 Å². The number of carbonyl (C=O) groups excluding carboxylic acids is 1. The predicted octanol–water partition coefficient (Wildman–Crippen LogP) is 5.71. The second-order valence-corrected chi connectivity index (χ2v) is 9.37. The van der Waals surface area contributed by atoms with E-state index < -0.39 is 0 Å². The molecule has 0 atom stereocenters. The maximum Gasteiger partial charge on any atom is 0.349 e. The highest BCUT2D eigenvalue weighted by Gasteiger charge is 2.41. The van der Waals surface area contributed by atoms with Gasteiger partial charge in [0.05, 0.1) is 23.6 Å². The Morgan fingerprint density at radius 3 is 2.53 bits per heavy atom. The third-order valence-electron chi connectivity index (χ3n) is 6.28. The first-order valence-electron chi connectivity index (χ1n) is 10.9. The van der Waals surface area contributed by atoms with Crippen LogP contribution in [0.3, 0.4) is 0 Å². The molecule has 30 heavy (non-hydrogen) atoms. The Morgan fingerprint density at radius 2 is 1.90 bits per heavy atom. The number of urea groups is 1. The summed E-state index contributed by atoms with van der Waals surface area (Å²) in [4.78, 5) is 15.3. The van der Waals surface area contributed by atoms with Crippen LogP contribution in [0.5, 0.6) is 0 Å². The molecule has 0 saturated heterocycles. The maximum absolute atomic E-state index is 13.4. The van der Waals surface area contributed by atoms with Gasteiger partial charge in [-0.05, 0) is 71.3 Å². The van der Waals surface area contributed by atoms with Crippen LogP contribution in [0.25, 0.3) is 0 Å². The molecule has 0 aromatic heterocycles. The van der Waals surface area contributed by atoms with Crippen molar-refractivity contribution < 1.29 is 4.79 Å². The van der Waals surface area contributed by atoms with Crippen molar-refractivity contribution in [2.45, 2.75) is 65.8 Å². The van der Waals surface area contributed by atoms with Crippen LogP contribution >= 0.6 is 15.9 Å². The SMILES string of the molecule is CCC(CC)N1CC2=C3C(=NN(c4ccc(C(C)C)cc4Br)C(=O)N3CC2)C(C)=N1. The summed E-state index contributed by atoms with van der Waals surface area (Å²) in [6.07, 6.45) is 2.97. The zero-order chi connectivity index (χ0) is 21.6. The highest BCUT2D eigenvalue weighted by molar-refractivity contribution is 9.10. The van der Waals surface area contributed by atoms with E-state index in [9.17, 15) is 4.79 Å². The number of benzene rings is 1. The second-order valence-electron chi connectivity index (χ2n) is 8.52. The Kier molecular flexibility index (Phi) is 5.75. The van der Waals surface area contributed by atoms with E-state index in [1.165, 1.54) is 16.1 Å². The number of halogens is 1. The topological polar surface area (TPSA) is 51.5 Å². The van der Waals surface area contributed by atoms with E-state index in [1.807, 2.05) is 17.9 Å². The lowest BCUT2D eigenvalue weighted by molar-refractivity contribution is 0.210. The highest BCUT2D eigenvalue weighted by atomic mass is 79.9. The number of amides is 2. The zero-order valence-corrected chi connectivity index (χ0v) is 20.0. The Balaban J connectivity index is 1.79. The summed E-state index contributed by atoms with van der Waals surface area (Å²) in [5.74, 6) is 0.418. The number of hydrogen-bond acceptors (Lipinski definition) is 4. The molecular weight excluding hydrogens is 442 g/mol. The second kappa shape index (κ2) is 8.17. The van der Waals surface area contributed by atoms with Crippen LogP contribution < -0.4 is 5.01 Å². The molecule has 6 nitrogen and oxygen atoms in total. The van der Waals surface area contributed by atoms with E-state index in [0.29, 0.717) is 18.5 Å². The molecule has 0 saturated carbocycles. The molecule has 0 fully saturated rings. The lowest BCUT2D eigenvalue weighted by atomic mass is 10.0. The van der Waals surface area contributed by atoms with E-state index in [1.54, 1.807) is 0 Å². The minimum atomic E-state index is -0.0921. The van der Waals surface area contributed by atoms with Crippen molar-refractivity contribution >= 4 is 39.1 Å². The van der Waals surface area contributed by atoms with Crippen LogP contribution in [-0.2, 0) is 0 Å². The molecule has 0 bridgehead atoms. The quantitative estimate of drug-likeness (QED) is 0.552. The number of carbonyl (C=O) groups is 1. The molecule has 7 heteroatoms. The van der Waals surface area contributed by atoms with Crippen molar-refractivity contribution in [3.05, 3.63) is 39.5 Å². The molecule has 0 radical (unpaired) electrons. The van der Waals surface area contributed by atoms with Gasteiger partial charge in [0, 0.05) is 17.1 Å². The third kappa shape index (κ3) is 3.47. The van der Waals surface area contributed by atoms with Crippen molar-refractivity contribution in [3.8, 4) is 0 Å². The number of nitrogens with zero attached hydrogens (tertiary/aromatic N) is 5. The summed E-state index contributed by atoms with van der Waals surface area (Å²) >= 11 is 3.66. The number of rotatable bonds is 5. The molecule has 160 valence electrons. The van der Waals surface area contributed by atoms with E-state index >= 15 is 0 Å². The fourth-order valence-electron chi connectivity index (χ4n) is 4.46. The summed E-state index contributed by atoms with van der Waals surface area (Å²) in [6.45, 7) is 12.2. The van der Waals surface area contributed by atoms with Crippen molar-refractivity contribution in [2.24, 2.45) is 10.2 Å². The molecule has 0 aliphatic carbocycles. The zero-order valence-electron chi connectivity index (χ0n) is 18.4. The molecule has 3 aliphatic heterocycles. The van der Waals surface area contributed by atoms with Crippen molar-refractivity contribution in [2.75, 3.05) is 18.1 Å². The van der Waals surface area contributed by atoms with Gasteiger partial charge in [0.2, 0.25) is 0 Å². The number of allylic oxidation sites excluding steroid dienone is 1. The van der Waals surface area contributed by atoms with Crippen molar-refractivity contribution in [1.82, 2.24) is 9.91 Å². The lowest BCUT2D eigenvalue weighted by Gasteiger charge is -2.32. The average molecular weight is 472 g/mol. The van der Waals surface area contributed by atoms with Gasteiger partial charge >= 0.3 is 6.03 Å². The largest absolute Gasteiger partial charge is 0.349 e. The number of hydrogen-bond donors (Lipinski definition) is 0. The van der Waals surface area contributed by atoms with Crippen LogP contribution in [0.1, 0.15) is 65.4 Å². The molecule has 1 aromatic carbocycles. The van der Waals surface area contributed by atoms with Crippen LogP contribution in [0, 0.1) is 0 Å². The van der Waals surface area contributed by atoms with Gasteiger partial charge in [-0.2, -0.15) is 15.2 Å². The summed E-state index contributed by atoms with van der Waals surface area (Å²) < 4.78 is 0.875. The first-order valence-corrected chi connectivity index (χ1v) is 11.7. The maximum atomic E-state index is 13.4. The standard InChI is InChI=1S/C23H30BrN5O/c1-6-18(7-2)28-13-17-10-11-27-22(17)21(15(5)25-28)26-29(23(27)30)20-9-8-16(14(3)4)12-19(20)24/h8-9,12,14,18H,6-7,10-11,13H2,1-5H3.